The minimum absolute atomic E-state index is 0.0685. The van der Waals surface area contributed by atoms with Crippen molar-refractivity contribution >= 4 is 6.09 Å². The molecule has 1 aromatic carbocycles. The van der Waals surface area contributed by atoms with E-state index in [1.807, 2.05) is 36.4 Å². The zero-order valence-corrected chi connectivity index (χ0v) is 11.9. The average Bonchev–Trinajstić information content (AvgIpc) is 2.50. The maximum Gasteiger partial charge on any atom is 0.407 e. The summed E-state index contributed by atoms with van der Waals surface area (Å²) in [6.07, 6.45) is 1.77. The molecule has 1 amide bonds. The van der Waals surface area contributed by atoms with Gasteiger partial charge in [-0.3, -0.25) is 4.79 Å². The maximum atomic E-state index is 11.5. The predicted octanol–water partition coefficient (Wildman–Crippen LogP) is 1.85. The molecule has 1 N–H and O–H groups in total. The monoisotopic (exact) mass is 286 g/mol. The molecule has 0 saturated heterocycles. The first kappa shape index (κ1) is 14.8. The van der Waals surface area contributed by atoms with Crippen molar-refractivity contribution in [3.63, 3.8) is 0 Å². The van der Waals surface area contributed by atoms with Crippen molar-refractivity contribution in [2.75, 3.05) is 6.61 Å². The first-order valence-corrected chi connectivity index (χ1v) is 6.75. The molecule has 2 aromatic rings. The van der Waals surface area contributed by atoms with Crippen molar-refractivity contribution in [1.82, 2.24) is 9.88 Å². The van der Waals surface area contributed by atoms with Crippen molar-refractivity contribution in [2.45, 2.75) is 13.0 Å². The standard InChI is InChI=1S/C16H18N2O3/c1-18-9-7-13(11-15(18)19)8-10-21-16(20)17-12-14-5-3-2-4-6-14/h2-7,9,11H,8,10,12H2,1H3,(H,17,20). The van der Waals surface area contributed by atoms with Gasteiger partial charge in [0.1, 0.15) is 0 Å². The van der Waals surface area contributed by atoms with E-state index in [2.05, 4.69) is 5.32 Å². The number of alkyl carbamates (subject to hydrolysis) is 1. The van der Waals surface area contributed by atoms with Gasteiger partial charge in [-0.05, 0) is 17.2 Å². The molecule has 0 bridgehead atoms. The Morgan fingerprint density at radius 1 is 1.19 bits per heavy atom. The third-order valence-corrected chi connectivity index (χ3v) is 3.07. The zero-order chi connectivity index (χ0) is 15.1. The van der Waals surface area contributed by atoms with E-state index < -0.39 is 6.09 Å². The number of carbonyl (C=O) groups is 1. The van der Waals surface area contributed by atoms with Crippen LogP contribution in [0.3, 0.4) is 0 Å². The van der Waals surface area contributed by atoms with E-state index >= 15 is 0 Å². The third-order valence-electron chi connectivity index (χ3n) is 3.07. The van der Waals surface area contributed by atoms with Crippen LogP contribution in [-0.4, -0.2) is 17.3 Å². The molecule has 1 heterocycles. The normalized spacial score (nSPS) is 10.1. The van der Waals surface area contributed by atoms with Gasteiger partial charge in [-0.1, -0.05) is 30.3 Å². The van der Waals surface area contributed by atoms with Crippen molar-refractivity contribution in [2.24, 2.45) is 7.05 Å². The van der Waals surface area contributed by atoms with Gasteiger partial charge in [0.2, 0.25) is 0 Å². The number of amides is 1. The summed E-state index contributed by atoms with van der Waals surface area (Å²) in [5.74, 6) is 0. The van der Waals surface area contributed by atoms with E-state index in [9.17, 15) is 9.59 Å². The lowest BCUT2D eigenvalue weighted by atomic mass is 10.2. The highest BCUT2D eigenvalue weighted by atomic mass is 16.5. The van der Waals surface area contributed by atoms with Gasteiger partial charge < -0.3 is 14.6 Å². The Bertz CT molecular complexity index is 650. The number of rotatable bonds is 5. The lowest BCUT2D eigenvalue weighted by Crippen LogP contribution is -2.24. The fourth-order valence-corrected chi connectivity index (χ4v) is 1.83. The van der Waals surface area contributed by atoms with Gasteiger partial charge in [-0.2, -0.15) is 0 Å². The highest BCUT2D eigenvalue weighted by molar-refractivity contribution is 5.67. The van der Waals surface area contributed by atoms with Crippen LogP contribution >= 0.6 is 0 Å². The first-order valence-electron chi connectivity index (χ1n) is 6.75. The molecule has 0 radical (unpaired) electrons. The Morgan fingerprint density at radius 3 is 2.67 bits per heavy atom. The molecular weight excluding hydrogens is 268 g/mol. The van der Waals surface area contributed by atoms with Gasteiger partial charge in [-0.15, -0.1) is 0 Å². The Kier molecular flexibility index (Phi) is 5.15. The summed E-state index contributed by atoms with van der Waals surface area (Å²) in [5.41, 5.74) is 1.80. The molecule has 21 heavy (non-hydrogen) atoms. The Hall–Kier alpha value is -2.56. The van der Waals surface area contributed by atoms with Gasteiger partial charge in [-0.25, -0.2) is 4.79 Å². The molecule has 110 valence electrons. The Balaban J connectivity index is 1.72. The van der Waals surface area contributed by atoms with Crippen molar-refractivity contribution in [1.29, 1.82) is 0 Å². The second-order valence-electron chi connectivity index (χ2n) is 4.71. The number of aryl methyl sites for hydroxylation is 1. The van der Waals surface area contributed by atoms with Gasteiger partial charge in [0.15, 0.2) is 0 Å². The van der Waals surface area contributed by atoms with Crippen LogP contribution in [0, 0.1) is 0 Å². The van der Waals surface area contributed by atoms with Crippen LogP contribution in [-0.2, 0) is 24.8 Å². The highest BCUT2D eigenvalue weighted by Crippen LogP contribution is 1.99. The van der Waals surface area contributed by atoms with Gasteiger partial charge in [0.25, 0.3) is 5.56 Å². The molecule has 0 spiro atoms. The highest BCUT2D eigenvalue weighted by Gasteiger charge is 2.02. The fraction of sp³-hybridized carbons (Fsp3) is 0.250. The van der Waals surface area contributed by atoms with E-state index in [4.69, 9.17) is 4.74 Å². The maximum absolute atomic E-state index is 11.5. The molecule has 1 aromatic heterocycles. The first-order chi connectivity index (χ1) is 10.1. The molecule has 0 atom stereocenters. The number of carbonyl (C=O) groups excluding carboxylic acids is 1. The summed E-state index contributed by atoms with van der Waals surface area (Å²) in [5, 5.41) is 2.68. The van der Waals surface area contributed by atoms with Crippen LogP contribution in [0.2, 0.25) is 0 Å². The minimum Gasteiger partial charge on any atom is -0.449 e. The smallest absolute Gasteiger partial charge is 0.407 e. The average molecular weight is 286 g/mol. The Labute approximate surface area is 123 Å². The van der Waals surface area contributed by atoms with Crippen LogP contribution in [0.1, 0.15) is 11.1 Å². The lowest BCUT2D eigenvalue weighted by Gasteiger charge is -2.07. The van der Waals surface area contributed by atoms with Crippen LogP contribution in [0.5, 0.6) is 0 Å². The molecular formula is C16H18N2O3. The number of hydrogen-bond acceptors (Lipinski definition) is 3. The van der Waals surface area contributed by atoms with Crippen LogP contribution in [0.15, 0.2) is 53.5 Å². The second kappa shape index (κ2) is 7.28. The van der Waals surface area contributed by atoms with E-state index in [0.29, 0.717) is 13.0 Å². The molecule has 0 aliphatic carbocycles. The zero-order valence-electron chi connectivity index (χ0n) is 11.9. The van der Waals surface area contributed by atoms with Crippen molar-refractivity contribution in [3.05, 3.63) is 70.1 Å². The Morgan fingerprint density at radius 2 is 1.95 bits per heavy atom. The molecule has 2 rings (SSSR count). The molecule has 5 heteroatoms. The third kappa shape index (κ3) is 4.80. The largest absolute Gasteiger partial charge is 0.449 e. The van der Waals surface area contributed by atoms with E-state index in [-0.39, 0.29) is 12.2 Å². The van der Waals surface area contributed by atoms with Crippen LogP contribution in [0.4, 0.5) is 4.79 Å². The lowest BCUT2D eigenvalue weighted by molar-refractivity contribution is 0.147. The molecule has 0 aliphatic rings. The summed E-state index contributed by atoms with van der Waals surface area (Å²) in [6.45, 7) is 0.680. The van der Waals surface area contributed by atoms with Crippen molar-refractivity contribution < 1.29 is 9.53 Å². The minimum atomic E-state index is -0.456. The number of nitrogens with one attached hydrogen (secondary N) is 1. The number of benzene rings is 1. The van der Waals surface area contributed by atoms with E-state index in [0.717, 1.165) is 11.1 Å². The SMILES string of the molecule is Cn1ccc(CCOC(=O)NCc2ccccc2)cc1=O. The quantitative estimate of drug-likeness (QED) is 0.912. The molecule has 0 aliphatic heterocycles. The number of nitrogens with zero attached hydrogens (tertiary/aromatic N) is 1. The number of aromatic nitrogens is 1. The summed E-state index contributed by atoms with van der Waals surface area (Å²) < 4.78 is 6.58. The number of ether oxygens (including phenoxy) is 1. The molecule has 0 fully saturated rings. The van der Waals surface area contributed by atoms with Crippen LogP contribution < -0.4 is 10.9 Å². The van der Waals surface area contributed by atoms with E-state index in [1.54, 1.807) is 19.3 Å². The molecule has 0 saturated carbocycles. The summed E-state index contributed by atoms with van der Waals surface area (Å²) in [7, 11) is 1.69. The summed E-state index contributed by atoms with van der Waals surface area (Å²) in [4.78, 5) is 23.0. The number of pyridine rings is 1. The second-order valence-corrected chi connectivity index (χ2v) is 4.71. The number of hydrogen-bond donors (Lipinski definition) is 1. The van der Waals surface area contributed by atoms with E-state index in [1.165, 1.54) is 4.57 Å². The van der Waals surface area contributed by atoms with Gasteiger partial charge >= 0.3 is 6.09 Å². The molecule has 5 nitrogen and oxygen atoms in total. The van der Waals surface area contributed by atoms with Gasteiger partial charge in [0.05, 0.1) is 6.61 Å². The summed E-state index contributed by atoms with van der Waals surface area (Å²) in [6, 6.07) is 13.0. The topological polar surface area (TPSA) is 60.3 Å². The van der Waals surface area contributed by atoms with Gasteiger partial charge in [0, 0.05) is 32.3 Å². The predicted molar refractivity (Wildman–Crippen MR) is 80.0 cm³/mol. The fourth-order valence-electron chi connectivity index (χ4n) is 1.83. The summed E-state index contributed by atoms with van der Waals surface area (Å²) >= 11 is 0. The molecule has 0 unspecified atom stereocenters. The van der Waals surface area contributed by atoms with Crippen molar-refractivity contribution in [3.8, 4) is 0 Å². The van der Waals surface area contributed by atoms with Crippen LogP contribution in [0.25, 0.3) is 0 Å².